The molecule has 1 unspecified atom stereocenters. The number of carbonyl (C=O) groups is 2. The summed E-state index contributed by atoms with van der Waals surface area (Å²) < 4.78 is 10.5. The molecule has 0 aliphatic heterocycles. The van der Waals surface area contributed by atoms with Crippen molar-refractivity contribution in [2.45, 2.75) is 38.6 Å². The molecule has 2 rings (SSSR count). The molecule has 6 heteroatoms. The molecule has 0 heterocycles. The van der Waals surface area contributed by atoms with Crippen LogP contribution in [0.2, 0.25) is 0 Å². The van der Waals surface area contributed by atoms with Crippen molar-refractivity contribution in [3.8, 4) is 11.5 Å². The van der Waals surface area contributed by atoms with E-state index in [-0.39, 0.29) is 18.5 Å². The summed E-state index contributed by atoms with van der Waals surface area (Å²) in [6.07, 6.45) is 2.88. The second kappa shape index (κ2) is 8.04. The minimum absolute atomic E-state index is 0.0142. The van der Waals surface area contributed by atoms with Crippen LogP contribution in [0.15, 0.2) is 18.2 Å². The smallest absolute Gasteiger partial charge is 0.308 e. The topological polar surface area (TPSA) is 76.1 Å². The van der Waals surface area contributed by atoms with E-state index >= 15 is 0 Å². The first-order chi connectivity index (χ1) is 11.5. The minimum atomic E-state index is -0.867. The van der Waals surface area contributed by atoms with Crippen molar-refractivity contribution in [3.63, 3.8) is 0 Å². The van der Waals surface area contributed by atoms with Gasteiger partial charge in [-0.25, -0.2) is 0 Å². The molecule has 0 saturated heterocycles. The van der Waals surface area contributed by atoms with Crippen LogP contribution >= 0.6 is 0 Å². The van der Waals surface area contributed by atoms with E-state index < -0.39 is 11.9 Å². The molecule has 0 bridgehead atoms. The molecule has 1 N–H and O–H groups in total. The molecule has 132 valence electrons. The third-order valence-electron chi connectivity index (χ3n) is 4.28. The zero-order chi connectivity index (χ0) is 17.7. The number of carbonyl (C=O) groups excluding carboxylic acids is 1. The van der Waals surface area contributed by atoms with Gasteiger partial charge in [0.2, 0.25) is 5.91 Å². The number of amides is 1. The fraction of sp³-hybridized carbons (Fsp3) is 0.556. The van der Waals surface area contributed by atoms with Crippen LogP contribution in [0.25, 0.3) is 0 Å². The molecule has 1 aliphatic rings. The van der Waals surface area contributed by atoms with Gasteiger partial charge in [-0.1, -0.05) is 13.0 Å². The number of methoxy groups -OCH3 is 2. The summed E-state index contributed by atoms with van der Waals surface area (Å²) in [5, 5.41) is 9.07. The van der Waals surface area contributed by atoms with E-state index in [0.29, 0.717) is 24.3 Å². The van der Waals surface area contributed by atoms with Crippen LogP contribution < -0.4 is 9.47 Å². The van der Waals surface area contributed by atoms with Crippen molar-refractivity contribution in [3.05, 3.63) is 23.8 Å². The lowest BCUT2D eigenvalue weighted by molar-refractivity contribution is -0.143. The van der Waals surface area contributed by atoms with Crippen LogP contribution in [-0.2, 0) is 16.0 Å². The predicted molar refractivity (Wildman–Crippen MR) is 89.4 cm³/mol. The minimum Gasteiger partial charge on any atom is -0.493 e. The predicted octanol–water partition coefficient (Wildman–Crippen LogP) is 2.35. The highest BCUT2D eigenvalue weighted by Gasteiger charge is 2.34. The molecule has 1 aromatic carbocycles. The Labute approximate surface area is 142 Å². The van der Waals surface area contributed by atoms with Gasteiger partial charge in [-0.15, -0.1) is 0 Å². The first-order valence-electron chi connectivity index (χ1n) is 8.19. The number of carboxylic acids is 1. The third-order valence-corrected chi connectivity index (χ3v) is 4.28. The summed E-state index contributed by atoms with van der Waals surface area (Å²) in [5.41, 5.74) is 0.989. The average Bonchev–Trinajstić information content (AvgIpc) is 3.41. The van der Waals surface area contributed by atoms with Crippen LogP contribution in [0.1, 0.15) is 31.7 Å². The van der Waals surface area contributed by atoms with E-state index in [1.165, 1.54) is 0 Å². The largest absolute Gasteiger partial charge is 0.493 e. The number of hydrogen-bond acceptors (Lipinski definition) is 4. The molecular formula is C18H25NO5. The number of ether oxygens (including phenoxy) is 2. The quantitative estimate of drug-likeness (QED) is 0.750. The maximum atomic E-state index is 12.5. The fourth-order valence-corrected chi connectivity index (χ4v) is 2.64. The van der Waals surface area contributed by atoms with Gasteiger partial charge < -0.3 is 19.5 Å². The first-order valence-corrected chi connectivity index (χ1v) is 8.19. The zero-order valence-corrected chi connectivity index (χ0v) is 14.4. The molecule has 0 spiro atoms. The van der Waals surface area contributed by atoms with Crippen LogP contribution in [-0.4, -0.2) is 48.7 Å². The maximum Gasteiger partial charge on any atom is 0.308 e. The number of carboxylic acid groups (broad SMARTS) is 1. The van der Waals surface area contributed by atoms with Gasteiger partial charge in [-0.2, -0.15) is 0 Å². The summed E-state index contributed by atoms with van der Waals surface area (Å²) in [4.78, 5) is 25.3. The van der Waals surface area contributed by atoms with E-state index in [0.717, 1.165) is 18.4 Å². The van der Waals surface area contributed by atoms with Gasteiger partial charge in [0, 0.05) is 19.0 Å². The summed E-state index contributed by atoms with van der Waals surface area (Å²) in [7, 11) is 3.16. The second-order valence-electron chi connectivity index (χ2n) is 6.21. The highest BCUT2D eigenvalue weighted by atomic mass is 16.5. The van der Waals surface area contributed by atoms with Crippen LogP contribution in [0.4, 0.5) is 0 Å². The van der Waals surface area contributed by atoms with Crippen molar-refractivity contribution in [2.75, 3.05) is 20.8 Å². The fourth-order valence-electron chi connectivity index (χ4n) is 2.64. The van der Waals surface area contributed by atoms with Crippen molar-refractivity contribution in [1.82, 2.24) is 4.90 Å². The molecular weight excluding hydrogens is 310 g/mol. The van der Waals surface area contributed by atoms with Gasteiger partial charge >= 0.3 is 5.97 Å². The average molecular weight is 335 g/mol. The lowest BCUT2D eigenvalue weighted by Gasteiger charge is -2.24. The molecule has 1 atom stereocenters. The number of aryl methyl sites for hydroxylation is 1. The standard InChI is InChI=1S/C18H25NO5/c1-12(18(21)22)11-19(14-6-7-14)17(20)9-5-13-4-8-15(23-2)16(10-13)24-3/h4,8,10,12,14H,5-7,9,11H2,1-3H3,(H,21,22). The van der Waals surface area contributed by atoms with E-state index in [9.17, 15) is 9.59 Å². The Kier molecular flexibility index (Phi) is 6.06. The highest BCUT2D eigenvalue weighted by molar-refractivity contribution is 5.78. The molecule has 0 radical (unpaired) electrons. The van der Waals surface area contributed by atoms with E-state index in [1.807, 2.05) is 18.2 Å². The van der Waals surface area contributed by atoms with E-state index in [1.54, 1.807) is 26.0 Å². The molecule has 1 saturated carbocycles. The van der Waals surface area contributed by atoms with Crippen LogP contribution in [0, 0.1) is 5.92 Å². The van der Waals surface area contributed by atoms with Crippen LogP contribution in [0.3, 0.4) is 0 Å². The summed E-state index contributed by atoms with van der Waals surface area (Å²) >= 11 is 0. The monoisotopic (exact) mass is 335 g/mol. The van der Waals surface area contributed by atoms with Gasteiger partial charge in [0.25, 0.3) is 0 Å². The summed E-state index contributed by atoms with van der Waals surface area (Å²) in [6.45, 7) is 1.92. The third kappa shape index (κ3) is 4.63. The SMILES string of the molecule is COc1ccc(CCC(=O)N(CC(C)C(=O)O)C2CC2)cc1OC. The Bertz CT molecular complexity index is 597. The number of hydrogen-bond donors (Lipinski definition) is 1. The first kappa shape index (κ1) is 18.1. The molecule has 0 aromatic heterocycles. The number of aliphatic carboxylic acids is 1. The Morgan fingerprint density at radius 2 is 1.92 bits per heavy atom. The molecule has 1 aliphatic carbocycles. The summed E-state index contributed by atoms with van der Waals surface area (Å²) in [5.74, 6) is -0.104. The lowest BCUT2D eigenvalue weighted by atomic mass is 10.1. The van der Waals surface area contributed by atoms with Gasteiger partial charge in [0.1, 0.15) is 0 Å². The highest BCUT2D eigenvalue weighted by Crippen LogP contribution is 2.30. The van der Waals surface area contributed by atoms with Gasteiger partial charge in [0.15, 0.2) is 11.5 Å². The normalized spacial score (nSPS) is 14.8. The second-order valence-corrected chi connectivity index (χ2v) is 6.21. The Morgan fingerprint density at radius 3 is 2.46 bits per heavy atom. The molecule has 1 aromatic rings. The molecule has 1 amide bonds. The lowest BCUT2D eigenvalue weighted by Crippen LogP contribution is -2.38. The molecule has 24 heavy (non-hydrogen) atoms. The number of nitrogens with zero attached hydrogens (tertiary/aromatic N) is 1. The van der Waals surface area contributed by atoms with Gasteiger partial charge in [-0.3, -0.25) is 9.59 Å². The maximum absolute atomic E-state index is 12.5. The molecule has 1 fully saturated rings. The Morgan fingerprint density at radius 1 is 1.25 bits per heavy atom. The zero-order valence-electron chi connectivity index (χ0n) is 14.4. The van der Waals surface area contributed by atoms with E-state index in [2.05, 4.69) is 0 Å². The molecule has 6 nitrogen and oxygen atoms in total. The van der Waals surface area contributed by atoms with Crippen molar-refractivity contribution >= 4 is 11.9 Å². The van der Waals surface area contributed by atoms with Gasteiger partial charge in [-0.05, 0) is 37.0 Å². The van der Waals surface area contributed by atoms with Crippen molar-refractivity contribution < 1.29 is 24.2 Å². The van der Waals surface area contributed by atoms with E-state index in [4.69, 9.17) is 14.6 Å². The number of benzene rings is 1. The Balaban J connectivity index is 1.96. The Hall–Kier alpha value is -2.24. The van der Waals surface area contributed by atoms with Gasteiger partial charge in [0.05, 0.1) is 20.1 Å². The van der Waals surface area contributed by atoms with Crippen molar-refractivity contribution in [2.24, 2.45) is 5.92 Å². The number of rotatable bonds is 9. The summed E-state index contributed by atoms with van der Waals surface area (Å²) in [6, 6.07) is 5.82. The van der Waals surface area contributed by atoms with Crippen LogP contribution in [0.5, 0.6) is 11.5 Å². The van der Waals surface area contributed by atoms with Crippen molar-refractivity contribution in [1.29, 1.82) is 0 Å².